The van der Waals surface area contributed by atoms with Gasteiger partial charge in [0.2, 0.25) is 0 Å². The number of nitrogens with one attached hydrogen (secondary N) is 1. The summed E-state index contributed by atoms with van der Waals surface area (Å²) in [5.41, 5.74) is 0.166. The van der Waals surface area contributed by atoms with Crippen LogP contribution in [-0.2, 0) is 6.42 Å². The smallest absolute Gasteiger partial charge is 0.316 e. The third kappa shape index (κ3) is 4.24. The van der Waals surface area contributed by atoms with Gasteiger partial charge in [-0.1, -0.05) is 11.6 Å². The van der Waals surface area contributed by atoms with E-state index in [2.05, 4.69) is 10.3 Å². The van der Waals surface area contributed by atoms with Gasteiger partial charge in [0, 0.05) is 18.4 Å². The van der Waals surface area contributed by atoms with E-state index in [0.29, 0.717) is 0 Å². The van der Waals surface area contributed by atoms with Crippen LogP contribution in [0.4, 0.5) is 26.3 Å². The van der Waals surface area contributed by atoms with E-state index in [1.54, 1.807) is 0 Å². The van der Waals surface area contributed by atoms with E-state index in [1.807, 2.05) is 0 Å². The Bertz CT molecular complexity index is 431. The van der Waals surface area contributed by atoms with Crippen molar-refractivity contribution in [1.29, 1.82) is 0 Å². The standard InChI is InChI=1S/C11H11ClF6N2/c1-19-8(4-6-2-3-20-5-7(6)12)9(10(13,14)15)11(16,17)18/h2-3,5,8-9,19H,4H2,1H3. The van der Waals surface area contributed by atoms with Gasteiger partial charge in [-0.15, -0.1) is 0 Å². The maximum absolute atomic E-state index is 12.7. The summed E-state index contributed by atoms with van der Waals surface area (Å²) in [7, 11) is 1.05. The Hall–Kier alpha value is -1.02. The highest BCUT2D eigenvalue weighted by Crippen LogP contribution is 2.42. The first-order valence-electron chi connectivity index (χ1n) is 5.46. The predicted molar refractivity (Wildman–Crippen MR) is 61.4 cm³/mol. The maximum Gasteiger partial charge on any atom is 0.402 e. The van der Waals surface area contributed by atoms with Gasteiger partial charge in [-0.2, -0.15) is 26.3 Å². The van der Waals surface area contributed by atoms with Crippen molar-refractivity contribution in [3.05, 3.63) is 29.0 Å². The second-order valence-electron chi connectivity index (χ2n) is 4.13. The molecule has 0 amide bonds. The van der Waals surface area contributed by atoms with Gasteiger partial charge in [0.05, 0.1) is 5.02 Å². The molecule has 0 saturated carbocycles. The minimum Gasteiger partial charge on any atom is -0.316 e. The van der Waals surface area contributed by atoms with Crippen LogP contribution in [0.1, 0.15) is 5.56 Å². The van der Waals surface area contributed by atoms with Gasteiger partial charge in [0.1, 0.15) is 0 Å². The summed E-state index contributed by atoms with van der Waals surface area (Å²) in [6, 6.07) is -0.578. The SMILES string of the molecule is CNC(Cc1ccncc1Cl)C(C(F)(F)F)C(F)(F)F. The number of hydrogen-bond acceptors (Lipinski definition) is 2. The van der Waals surface area contributed by atoms with Gasteiger partial charge < -0.3 is 5.32 Å². The predicted octanol–water partition coefficient (Wildman–Crippen LogP) is 3.61. The van der Waals surface area contributed by atoms with Crippen molar-refractivity contribution in [2.75, 3.05) is 7.05 Å². The first kappa shape index (κ1) is 17.0. The molecule has 1 N–H and O–H groups in total. The van der Waals surface area contributed by atoms with E-state index < -0.39 is 30.7 Å². The number of hydrogen-bond donors (Lipinski definition) is 1. The van der Waals surface area contributed by atoms with E-state index in [9.17, 15) is 26.3 Å². The lowest BCUT2D eigenvalue weighted by molar-refractivity contribution is -0.291. The van der Waals surface area contributed by atoms with Crippen molar-refractivity contribution in [1.82, 2.24) is 10.3 Å². The fourth-order valence-electron chi connectivity index (χ4n) is 1.83. The Kier molecular flexibility index (Phi) is 5.26. The molecule has 2 nitrogen and oxygen atoms in total. The molecule has 9 heteroatoms. The molecule has 20 heavy (non-hydrogen) atoms. The Balaban J connectivity index is 3.07. The molecule has 1 rings (SSSR count). The topological polar surface area (TPSA) is 24.9 Å². The lowest BCUT2D eigenvalue weighted by atomic mass is 9.92. The molecule has 114 valence electrons. The molecule has 1 atom stereocenters. The highest BCUT2D eigenvalue weighted by molar-refractivity contribution is 6.31. The van der Waals surface area contributed by atoms with E-state index in [-0.39, 0.29) is 10.6 Å². The van der Waals surface area contributed by atoms with Gasteiger partial charge in [-0.25, -0.2) is 0 Å². The summed E-state index contributed by atoms with van der Waals surface area (Å²) < 4.78 is 75.9. The van der Waals surface area contributed by atoms with Crippen LogP contribution in [0.15, 0.2) is 18.5 Å². The minimum atomic E-state index is -5.40. The molecule has 0 aliphatic heterocycles. The van der Waals surface area contributed by atoms with E-state index in [1.165, 1.54) is 18.5 Å². The molecule has 1 aromatic rings. The number of rotatable bonds is 4. The zero-order chi connectivity index (χ0) is 15.6. The largest absolute Gasteiger partial charge is 0.402 e. The number of pyridine rings is 1. The van der Waals surface area contributed by atoms with Crippen LogP contribution in [0.5, 0.6) is 0 Å². The number of likely N-dealkylation sites (N-methyl/N-ethyl adjacent to an activating group) is 1. The first-order valence-corrected chi connectivity index (χ1v) is 5.84. The van der Waals surface area contributed by atoms with Crippen molar-refractivity contribution in [3.63, 3.8) is 0 Å². The molecule has 0 spiro atoms. The molecule has 1 aromatic heterocycles. The number of nitrogens with zero attached hydrogens (tertiary/aromatic N) is 1. The summed E-state index contributed by atoms with van der Waals surface area (Å²) in [5.74, 6) is -3.47. The van der Waals surface area contributed by atoms with E-state index in [0.717, 1.165) is 7.05 Å². The van der Waals surface area contributed by atoms with Gasteiger partial charge in [-0.05, 0) is 25.1 Å². The summed E-state index contributed by atoms with van der Waals surface area (Å²) >= 11 is 5.71. The lowest BCUT2D eigenvalue weighted by Gasteiger charge is -2.30. The van der Waals surface area contributed by atoms with Crippen LogP contribution < -0.4 is 5.32 Å². The minimum absolute atomic E-state index is 0.0239. The molecule has 0 fully saturated rings. The molecule has 0 aliphatic rings. The first-order chi connectivity index (χ1) is 9.07. The summed E-state index contributed by atoms with van der Waals surface area (Å²) in [6.07, 6.45) is -8.89. The number of aromatic nitrogens is 1. The normalized spacial score (nSPS) is 14.7. The van der Waals surface area contributed by atoms with Crippen molar-refractivity contribution >= 4 is 11.6 Å². The summed E-state index contributed by atoms with van der Waals surface area (Å²) in [4.78, 5) is 3.62. The average molecular weight is 321 g/mol. The van der Waals surface area contributed by atoms with Crippen LogP contribution >= 0.6 is 11.6 Å². The highest BCUT2D eigenvalue weighted by atomic mass is 35.5. The van der Waals surface area contributed by atoms with Crippen LogP contribution in [0.3, 0.4) is 0 Å². The van der Waals surface area contributed by atoms with Crippen molar-refractivity contribution in [3.8, 4) is 0 Å². The second-order valence-corrected chi connectivity index (χ2v) is 4.53. The molecular formula is C11H11ClF6N2. The Morgan fingerprint density at radius 2 is 1.75 bits per heavy atom. The molecule has 0 aromatic carbocycles. The Labute approximate surface area is 116 Å². The van der Waals surface area contributed by atoms with E-state index in [4.69, 9.17) is 11.6 Å². The van der Waals surface area contributed by atoms with Gasteiger partial charge >= 0.3 is 12.4 Å². The lowest BCUT2D eigenvalue weighted by Crippen LogP contribution is -2.51. The molecule has 0 radical (unpaired) electrons. The molecule has 0 saturated heterocycles. The Morgan fingerprint density at radius 3 is 2.15 bits per heavy atom. The van der Waals surface area contributed by atoms with Gasteiger partial charge in [-0.3, -0.25) is 4.98 Å². The quantitative estimate of drug-likeness (QED) is 0.857. The highest BCUT2D eigenvalue weighted by Gasteiger charge is 2.59. The van der Waals surface area contributed by atoms with Gasteiger partial charge in [0.25, 0.3) is 0 Å². The number of alkyl halides is 6. The fourth-order valence-corrected chi connectivity index (χ4v) is 2.03. The maximum atomic E-state index is 12.7. The number of halogens is 7. The molecule has 1 unspecified atom stereocenters. The van der Waals surface area contributed by atoms with Crippen LogP contribution in [0, 0.1) is 5.92 Å². The average Bonchev–Trinajstić information content (AvgIpc) is 2.27. The third-order valence-corrected chi connectivity index (χ3v) is 3.12. The molecule has 1 heterocycles. The zero-order valence-corrected chi connectivity index (χ0v) is 10.9. The third-order valence-electron chi connectivity index (χ3n) is 2.77. The fraction of sp³-hybridized carbons (Fsp3) is 0.545. The zero-order valence-electron chi connectivity index (χ0n) is 10.2. The summed E-state index contributed by atoms with van der Waals surface area (Å²) in [5, 5.41) is 2.10. The molecular weight excluding hydrogens is 310 g/mol. The van der Waals surface area contributed by atoms with Crippen LogP contribution in [-0.4, -0.2) is 30.4 Å². The van der Waals surface area contributed by atoms with Crippen molar-refractivity contribution < 1.29 is 26.3 Å². The second kappa shape index (κ2) is 6.17. The van der Waals surface area contributed by atoms with E-state index >= 15 is 0 Å². The van der Waals surface area contributed by atoms with Crippen molar-refractivity contribution in [2.24, 2.45) is 5.92 Å². The molecule has 0 bridgehead atoms. The van der Waals surface area contributed by atoms with Crippen LogP contribution in [0.2, 0.25) is 5.02 Å². The van der Waals surface area contributed by atoms with Gasteiger partial charge in [0.15, 0.2) is 5.92 Å². The van der Waals surface area contributed by atoms with Crippen LogP contribution in [0.25, 0.3) is 0 Å². The van der Waals surface area contributed by atoms with Crippen molar-refractivity contribution in [2.45, 2.75) is 24.8 Å². The molecule has 0 aliphatic carbocycles. The summed E-state index contributed by atoms with van der Waals surface area (Å²) in [6.45, 7) is 0. The Morgan fingerprint density at radius 1 is 1.20 bits per heavy atom. The monoisotopic (exact) mass is 320 g/mol.